The van der Waals surface area contributed by atoms with E-state index in [2.05, 4.69) is 241 Å². The Bertz CT molecular complexity index is 3970. The van der Waals surface area contributed by atoms with Gasteiger partial charge in [-0.1, -0.05) is 170 Å². The van der Waals surface area contributed by atoms with Crippen LogP contribution in [0.4, 0.5) is 17.1 Å². The van der Waals surface area contributed by atoms with Gasteiger partial charge in [-0.25, -0.2) is 0 Å². The van der Waals surface area contributed by atoms with E-state index in [0.717, 1.165) is 44.6 Å². The lowest BCUT2D eigenvalue weighted by molar-refractivity contribution is 0.669. The maximum absolute atomic E-state index is 6.85. The number of benzene rings is 12. The Hall–Kier alpha value is -8.46. The normalized spacial score (nSPS) is 11.8. The standard InChI is InChI=1S/C62H39NO/c1-3-11-44-34-47(18-16-40(44)8-1)51-23-22-49-36-46(20-21-50(49)37-51)42-26-30-55(31-27-42)63(59-15-7-14-58-61-57-13-6-5-10-43(57)29-33-60(61)64-62(58)59)56-32-28-53-38-52(24-25-54(53)39-56)48-19-17-41-9-2-4-12-45(41)35-48/h1-39H. The minimum absolute atomic E-state index is 0.863. The van der Waals surface area contributed by atoms with Crippen molar-refractivity contribution in [3.05, 3.63) is 237 Å². The molecule has 13 aromatic rings. The number of hydrogen-bond acceptors (Lipinski definition) is 2. The van der Waals surface area contributed by atoms with Crippen LogP contribution < -0.4 is 4.90 Å². The van der Waals surface area contributed by atoms with Crippen LogP contribution in [-0.2, 0) is 0 Å². The molecule has 0 aliphatic rings. The van der Waals surface area contributed by atoms with E-state index >= 15 is 0 Å². The van der Waals surface area contributed by atoms with E-state index in [-0.39, 0.29) is 0 Å². The molecular formula is C62H39NO. The van der Waals surface area contributed by atoms with Gasteiger partial charge in [0.05, 0.1) is 5.69 Å². The molecule has 0 aliphatic carbocycles. The summed E-state index contributed by atoms with van der Waals surface area (Å²) in [4.78, 5) is 2.35. The molecule has 64 heavy (non-hydrogen) atoms. The Labute approximate surface area is 370 Å². The first kappa shape index (κ1) is 36.2. The summed E-state index contributed by atoms with van der Waals surface area (Å²) in [5.41, 5.74) is 12.1. The zero-order valence-corrected chi connectivity index (χ0v) is 34.9. The van der Waals surface area contributed by atoms with Gasteiger partial charge in [0, 0.05) is 22.1 Å². The second-order valence-electron chi connectivity index (χ2n) is 16.9. The fourth-order valence-corrected chi connectivity index (χ4v) is 9.85. The average molecular weight is 814 g/mol. The highest BCUT2D eigenvalue weighted by molar-refractivity contribution is 6.21. The van der Waals surface area contributed by atoms with E-state index in [1.165, 1.54) is 81.7 Å². The lowest BCUT2D eigenvalue weighted by Gasteiger charge is -2.26. The highest BCUT2D eigenvalue weighted by Crippen LogP contribution is 2.45. The number of furan rings is 1. The molecule has 0 spiro atoms. The molecule has 1 heterocycles. The Kier molecular flexibility index (Phi) is 8.25. The summed E-state index contributed by atoms with van der Waals surface area (Å²) in [6, 6.07) is 86.1. The summed E-state index contributed by atoms with van der Waals surface area (Å²) in [6.45, 7) is 0. The monoisotopic (exact) mass is 813 g/mol. The second-order valence-corrected chi connectivity index (χ2v) is 16.9. The van der Waals surface area contributed by atoms with Gasteiger partial charge in [-0.3, -0.25) is 0 Å². The van der Waals surface area contributed by atoms with E-state index in [4.69, 9.17) is 4.42 Å². The Morgan fingerprint density at radius 2 is 0.672 bits per heavy atom. The largest absolute Gasteiger partial charge is 0.454 e. The van der Waals surface area contributed by atoms with Crippen molar-refractivity contribution in [1.29, 1.82) is 0 Å². The third kappa shape index (κ3) is 6.11. The molecule has 0 amide bonds. The first-order valence-corrected chi connectivity index (χ1v) is 22.0. The molecule has 0 N–H and O–H groups in total. The topological polar surface area (TPSA) is 16.4 Å². The fourth-order valence-electron chi connectivity index (χ4n) is 9.85. The Morgan fingerprint density at radius 3 is 1.27 bits per heavy atom. The van der Waals surface area contributed by atoms with Crippen molar-refractivity contribution in [1.82, 2.24) is 0 Å². The van der Waals surface area contributed by atoms with Crippen LogP contribution in [0, 0.1) is 0 Å². The van der Waals surface area contributed by atoms with Crippen LogP contribution in [0.1, 0.15) is 0 Å². The lowest BCUT2D eigenvalue weighted by Crippen LogP contribution is -2.10. The summed E-state index contributed by atoms with van der Waals surface area (Å²) in [6.07, 6.45) is 0. The van der Waals surface area contributed by atoms with Crippen LogP contribution in [0.25, 0.3) is 109 Å². The number of hydrogen-bond donors (Lipinski definition) is 0. The zero-order valence-electron chi connectivity index (χ0n) is 34.9. The number of rotatable bonds is 6. The van der Waals surface area contributed by atoms with Gasteiger partial charge in [0.1, 0.15) is 5.58 Å². The average Bonchev–Trinajstić information content (AvgIpc) is 3.76. The summed E-state index contributed by atoms with van der Waals surface area (Å²) in [5, 5.41) is 14.5. The molecule has 2 heteroatoms. The molecule has 1 aromatic heterocycles. The van der Waals surface area contributed by atoms with Gasteiger partial charge in [0.25, 0.3) is 0 Å². The van der Waals surface area contributed by atoms with Crippen LogP contribution in [0.2, 0.25) is 0 Å². The van der Waals surface area contributed by atoms with Crippen LogP contribution in [0.5, 0.6) is 0 Å². The molecule has 0 radical (unpaired) electrons. The molecule has 0 atom stereocenters. The first-order valence-electron chi connectivity index (χ1n) is 22.0. The number of nitrogens with zero attached hydrogens (tertiary/aromatic N) is 1. The molecule has 0 fully saturated rings. The minimum Gasteiger partial charge on any atom is -0.454 e. The van der Waals surface area contributed by atoms with Crippen molar-refractivity contribution in [3.8, 4) is 33.4 Å². The second kappa shape index (κ2) is 14.6. The molecule has 0 saturated carbocycles. The predicted octanol–water partition coefficient (Wildman–Crippen LogP) is 17.8. The lowest BCUT2D eigenvalue weighted by atomic mass is 9.96. The summed E-state index contributed by atoms with van der Waals surface area (Å²) >= 11 is 0. The van der Waals surface area contributed by atoms with Crippen LogP contribution in [0.3, 0.4) is 0 Å². The van der Waals surface area contributed by atoms with Gasteiger partial charge >= 0.3 is 0 Å². The molecule has 298 valence electrons. The fraction of sp³-hybridized carbons (Fsp3) is 0. The van der Waals surface area contributed by atoms with Crippen LogP contribution in [-0.4, -0.2) is 0 Å². The summed E-state index contributed by atoms with van der Waals surface area (Å²) < 4.78 is 6.85. The highest BCUT2D eigenvalue weighted by Gasteiger charge is 2.21. The van der Waals surface area contributed by atoms with Crippen molar-refractivity contribution in [2.45, 2.75) is 0 Å². The maximum atomic E-state index is 6.85. The van der Waals surface area contributed by atoms with Crippen LogP contribution in [0.15, 0.2) is 241 Å². The molecule has 2 nitrogen and oxygen atoms in total. The van der Waals surface area contributed by atoms with Gasteiger partial charge < -0.3 is 9.32 Å². The third-order valence-electron chi connectivity index (χ3n) is 13.2. The number of anilines is 3. The van der Waals surface area contributed by atoms with E-state index in [9.17, 15) is 0 Å². The van der Waals surface area contributed by atoms with Crippen molar-refractivity contribution < 1.29 is 4.42 Å². The van der Waals surface area contributed by atoms with Gasteiger partial charge in [0.2, 0.25) is 0 Å². The Morgan fingerprint density at radius 1 is 0.266 bits per heavy atom. The number of para-hydroxylation sites is 1. The van der Waals surface area contributed by atoms with E-state index in [1.54, 1.807) is 0 Å². The smallest absolute Gasteiger partial charge is 0.159 e. The van der Waals surface area contributed by atoms with E-state index in [0.29, 0.717) is 0 Å². The molecule has 0 saturated heterocycles. The van der Waals surface area contributed by atoms with Gasteiger partial charge in [-0.2, -0.15) is 0 Å². The maximum Gasteiger partial charge on any atom is 0.159 e. The summed E-state index contributed by atoms with van der Waals surface area (Å²) in [5.74, 6) is 0. The van der Waals surface area contributed by atoms with Crippen molar-refractivity contribution >= 4 is 92.9 Å². The van der Waals surface area contributed by atoms with E-state index < -0.39 is 0 Å². The van der Waals surface area contributed by atoms with E-state index in [1.807, 2.05) is 0 Å². The van der Waals surface area contributed by atoms with Crippen molar-refractivity contribution in [2.24, 2.45) is 0 Å². The van der Waals surface area contributed by atoms with Crippen molar-refractivity contribution in [2.75, 3.05) is 4.90 Å². The zero-order chi connectivity index (χ0) is 42.1. The van der Waals surface area contributed by atoms with Gasteiger partial charge in [0.15, 0.2) is 5.58 Å². The first-order chi connectivity index (χ1) is 31.7. The molecular weight excluding hydrogens is 775 g/mol. The van der Waals surface area contributed by atoms with Crippen LogP contribution >= 0.6 is 0 Å². The molecule has 13 rings (SSSR count). The molecule has 0 aliphatic heterocycles. The van der Waals surface area contributed by atoms with Gasteiger partial charge in [-0.15, -0.1) is 0 Å². The quantitative estimate of drug-likeness (QED) is 0.166. The third-order valence-corrected chi connectivity index (χ3v) is 13.2. The molecule has 0 bridgehead atoms. The number of fused-ring (bicyclic) bond motifs is 9. The minimum atomic E-state index is 0.863. The SMILES string of the molecule is c1ccc2cc(-c3ccc4cc(-c5ccc(N(c6ccc7cc(-c8ccc9ccccc9c8)ccc7c6)c6cccc7c6oc6ccc8ccccc8c67)cc5)ccc4c3)ccc2c1. The molecule has 12 aromatic carbocycles. The molecule has 0 unspecified atom stereocenters. The predicted molar refractivity (Wildman–Crippen MR) is 272 cm³/mol. The highest BCUT2D eigenvalue weighted by atomic mass is 16.3. The Balaban J connectivity index is 0.901. The van der Waals surface area contributed by atoms with Crippen molar-refractivity contribution in [3.63, 3.8) is 0 Å². The van der Waals surface area contributed by atoms with Gasteiger partial charge in [-0.05, 0) is 154 Å². The summed E-state index contributed by atoms with van der Waals surface area (Å²) in [7, 11) is 0.